The van der Waals surface area contributed by atoms with Gasteiger partial charge in [0, 0.05) is 18.2 Å². The molecule has 118 valence electrons. The highest BCUT2D eigenvalue weighted by atomic mass is 19.1. The van der Waals surface area contributed by atoms with Crippen molar-refractivity contribution >= 4 is 0 Å². The number of ether oxygens (including phenoxy) is 1. The monoisotopic (exact) mass is 297 g/mol. The van der Waals surface area contributed by atoms with Crippen LogP contribution in [0, 0.1) is 24.5 Å². The van der Waals surface area contributed by atoms with Crippen molar-refractivity contribution in [2.24, 2.45) is 5.92 Å². The summed E-state index contributed by atoms with van der Waals surface area (Å²) in [5, 5.41) is 3.28. The summed E-state index contributed by atoms with van der Waals surface area (Å²) in [6.07, 6.45) is 3.22. The highest BCUT2D eigenvalue weighted by Crippen LogP contribution is 2.37. The summed E-state index contributed by atoms with van der Waals surface area (Å²) < 4.78 is 33.4. The van der Waals surface area contributed by atoms with E-state index in [1.807, 2.05) is 13.8 Å². The molecule has 0 amide bonds. The molecule has 0 saturated heterocycles. The number of benzene rings is 1. The number of halogens is 2. The Hall–Kier alpha value is -1.00. The molecule has 0 heterocycles. The predicted octanol–water partition coefficient (Wildman–Crippen LogP) is 4.13. The zero-order valence-electron chi connectivity index (χ0n) is 13.1. The third kappa shape index (κ3) is 4.01. The third-order valence-electron chi connectivity index (χ3n) is 4.27. The van der Waals surface area contributed by atoms with Gasteiger partial charge in [-0.3, -0.25) is 0 Å². The topological polar surface area (TPSA) is 21.3 Å². The van der Waals surface area contributed by atoms with Crippen molar-refractivity contribution < 1.29 is 13.5 Å². The maximum Gasteiger partial charge on any atom is 0.128 e. The summed E-state index contributed by atoms with van der Waals surface area (Å²) in [7, 11) is 0. The zero-order chi connectivity index (χ0) is 15.4. The minimum absolute atomic E-state index is 0.127. The molecule has 4 heteroatoms. The van der Waals surface area contributed by atoms with Crippen molar-refractivity contribution in [3.8, 4) is 0 Å². The molecule has 1 atom stereocenters. The molecule has 1 N–H and O–H groups in total. The average Bonchev–Trinajstić information content (AvgIpc) is 2.40. The summed E-state index contributed by atoms with van der Waals surface area (Å²) in [6, 6.07) is 2.51. The van der Waals surface area contributed by atoms with Crippen molar-refractivity contribution in [2.45, 2.75) is 52.2 Å². The maximum absolute atomic E-state index is 14.1. The summed E-state index contributed by atoms with van der Waals surface area (Å²) in [4.78, 5) is 0. The Balaban J connectivity index is 2.04. The Morgan fingerprint density at radius 2 is 1.95 bits per heavy atom. The minimum Gasteiger partial charge on any atom is -0.378 e. The molecular formula is C17H25F2NO. The number of rotatable bonds is 7. The van der Waals surface area contributed by atoms with Gasteiger partial charge in [0.1, 0.15) is 11.6 Å². The van der Waals surface area contributed by atoms with E-state index in [1.165, 1.54) is 12.1 Å². The Morgan fingerprint density at radius 3 is 2.57 bits per heavy atom. The lowest BCUT2D eigenvalue weighted by atomic mass is 9.77. The van der Waals surface area contributed by atoms with E-state index in [1.54, 1.807) is 6.92 Å². The minimum atomic E-state index is -0.338. The van der Waals surface area contributed by atoms with Gasteiger partial charge < -0.3 is 10.1 Å². The zero-order valence-corrected chi connectivity index (χ0v) is 13.1. The van der Waals surface area contributed by atoms with Crippen LogP contribution in [-0.2, 0) is 4.74 Å². The van der Waals surface area contributed by atoms with Crippen LogP contribution in [-0.4, -0.2) is 19.3 Å². The molecule has 1 aliphatic rings. The largest absolute Gasteiger partial charge is 0.378 e. The standard InChI is InChI=1S/C17H25F2NO/c1-4-20-17(9-12-7-13(8-12)21-5-2)14-10-15(18)11(3)6-16(14)19/h6,10,12-13,17,20H,4-5,7-9H2,1-3H3. The van der Waals surface area contributed by atoms with E-state index in [9.17, 15) is 8.78 Å². The van der Waals surface area contributed by atoms with Crippen molar-refractivity contribution in [1.82, 2.24) is 5.32 Å². The lowest BCUT2D eigenvalue weighted by Crippen LogP contribution is -2.35. The van der Waals surface area contributed by atoms with Gasteiger partial charge in [-0.1, -0.05) is 6.92 Å². The van der Waals surface area contributed by atoms with E-state index in [2.05, 4.69) is 5.32 Å². The summed E-state index contributed by atoms with van der Waals surface area (Å²) in [6.45, 7) is 7.05. The van der Waals surface area contributed by atoms with Crippen molar-refractivity contribution in [3.05, 3.63) is 34.9 Å². The molecule has 1 fully saturated rings. The SMILES string of the molecule is CCNC(CC1CC(OCC)C1)c1cc(F)c(C)cc1F. The van der Waals surface area contributed by atoms with Crippen LogP contribution in [0.3, 0.4) is 0 Å². The van der Waals surface area contributed by atoms with Crippen LogP contribution in [0.1, 0.15) is 50.3 Å². The molecule has 1 aliphatic carbocycles. The van der Waals surface area contributed by atoms with Crippen molar-refractivity contribution in [3.63, 3.8) is 0 Å². The molecule has 1 unspecified atom stereocenters. The van der Waals surface area contributed by atoms with E-state index < -0.39 is 0 Å². The van der Waals surface area contributed by atoms with Gasteiger partial charge in [0.25, 0.3) is 0 Å². The van der Waals surface area contributed by atoms with Gasteiger partial charge in [-0.15, -0.1) is 0 Å². The average molecular weight is 297 g/mol. The van der Waals surface area contributed by atoms with Gasteiger partial charge in [0.15, 0.2) is 0 Å². The first-order chi connectivity index (χ1) is 10.0. The van der Waals surface area contributed by atoms with Gasteiger partial charge in [0.2, 0.25) is 0 Å². The van der Waals surface area contributed by atoms with Crippen LogP contribution >= 0.6 is 0 Å². The van der Waals surface area contributed by atoms with Gasteiger partial charge in [0.05, 0.1) is 6.10 Å². The van der Waals surface area contributed by atoms with Crippen LogP contribution in [0.4, 0.5) is 8.78 Å². The summed E-state index contributed by atoms with van der Waals surface area (Å²) >= 11 is 0. The van der Waals surface area contributed by atoms with Crippen LogP contribution in [0.15, 0.2) is 12.1 Å². The lowest BCUT2D eigenvalue weighted by Gasteiger charge is -2.37. The lowest BCUT2D eigenvalue weighted by molar-refractivity contribution is -0.0291. The van der Waals surface area contributed by atoms with Crippen molar-refractivity contribution in [2.75, 3.05) is 13.2 Å². The van der Waals surface area contributed by atoms with Crippen molar-refractivity contribution in [1.29, 1.82) is 0 Å². The highest BCUT2D eigenvalue weighted by molar-refractivity contribution is 5.28. The van der Waals surface area contributed by atoms with E-state index in [0.717, 1.165) is 32.4 Å². The van der Waals surface area contributed by atoms with Gasteiger partial charge in [-0.05, 0) is 63.3 Å². The molecule has 0 radical (unpaired) electrons. The fraction of sp³-hybridized carbons (Fsp3) is 0.647. The first-order valence-electron chi connectivity index (χ1n) is 7.85. The number of hydrogen-bond acceptors (Lipinski definition) is 2. The third-order valence-corrected chi connectivity index (χ3v) is 4.27. The Bertz CT molecular complexity index is 472. The molecular weight excluding hydrogens is 272 g/mol. The fourth-order valence-electron chi connectivity index (χ4n) is 3.07. The quantitative estimate of drug-likeness (QED) is 0.817. The molecule has 2 rings (SSSR count). The van der Waals surface area contributed by atoms with E-state index >= 15 is 0 Å². The second-order valence-corrected chi connectivity index (χ2v) is 5.88. The summed E-state index contributed by atoms with van der Waals surface area (Å²) in [5.74, 6) is -0.134. The second-order valence-electron chi connectivity index (χ2n) is 5.88. The van der Waals surface area contributed by atoms with Gasteiger partial charge in [-0.2, -0.15) is 0 Å². The number of hydrogen-bond donors (Lipinski definition) is 1. The van der Waals surface area contributed by atoms with Crippen LogP contribution in [0.2, 0.25) is 0 Å². The Labute approximate surface area is 125 Å². The fourth-order valence-corrected chi connectivity index (χ4v) is 3.07. The van der Waals surface area contributed by atoms with Gasteiger partial charge in [-0.25, -0.2) is 8.78 Å². The molecule has 21 heavy (non-hydrogen) atoms. The summed E-state index contributed by atoms with van der Waals surface area (Å²) in [5.41, 5.74) is 0.798. The van der Waals surface area contributed by atoms with E-state index in [4.69, 9.17) is 4.74 Å². The Kier molecular flexibility index (Phi) is 5.71. The molecule has 0 aromatic heterocycles. The molecule has 0 spiro atoms. The first kappa shape index (κ1) is 16.4. The molecule has 0 bridgehead atoms. The predicted molar refractivity (Wildman–Crippen MR) is 80.3 cm³/mol. The second kappa shape index (κ2) is 7.32. The van der Waals surface area contributed by atoms with Crippen LogP contribution in [0.25, 0.3) is 0 Å². The Morgan fingerprint density at radius 1 is 1.24 bits per heavy atom. The highest BCUT2D eigenvalue weighted by Gasteiger charge is 2.32. The first-order valence-corrected chi connectivity index (χ1v) is 7.85. The van der Waals surface area contributed by atoms with E-state index in [0.29, 0.717) is 23.1 Å². The maximum atomic E-state index is 14.1. The molecule has 1 aromatic carbocycles. The molecule has 2 nitrogen and oxygen atoms in total. The van der Waals surface area contributed by atoms with E-state index in [-0.39, 0.29) is 17.7 Å². The molecule has 1 aromatic rings. The normalized spacial score (nSPS) is 22.9. The van der Waals surface area contributed by atoms with Crippen LogP contribution < -0.4 is 5.32 Å². The smallest absolute Gasteiger partial charge is 0.128 e. The number of aryl methyl sites for hydroxylation is 1. The van der Waals surface area contributed by atoms with Crippen LogP contribution in [0.5, 0.6) is 0 Å². The molecule has 0 aliphatic heterocycles. The van der Waals surface area contributed by atoms with Gasteiger partial charge >= 0.3 is 0 Å². The number of nitrogens with one attached hydrogen (secondary N) is 1. The molecule has 1 saturated carbocycles.